The Morgan fingerprint density at radius 3 is 2.52 bits per heavy atom. The number of hydrogen-bond acceptors (Lipinski definition) is 3. The lowest BCUT2D eigenvalue weighted by atomic mass is 10.1. The van der Waals surface area contributed by atoms with Crippen molar-refractivity contribution in [1.29, 1.82) is 0 Å². The Balaban J connectivity index is 1.53. The fourth-order valence-electron chi connectivity index (χ4n) is 2.83. The molecule has 0 fully saturated rings. The summed E-state index contributed by atoms with van der Waals surface area (Å²) < 4.78 is 0. The maximum absolute atomic E-state index is 12.1. The highest BCUT2D eigenvalue weighted by atomic mass is 35.5. The zero-order chi connectivity index (χ0) is 20.8. The van der Waals surface area contributed by atoms with Crippen LogP contribution in [-0.2, 0) is 16.0 Å². The molecule has 0 bridgehead atoms. The highest BCUT2D eigenvalue weighted by Gasteiger charge is 2.22. The van der Waals surface area contributed by atoms with Crippen molar-refractivity contribution in [3.63, 3.8) is 0 Å². The molecule has 150 valence electrons. The van der Waals surface area contributed by atoms with E-state index in [4.69, 9.17) is 11.6 Å². The zero-order valence-electron chi connectivity index (χ0n) is 15.2. The first-order valence-electron chi connectivity index (χ1n) is 8.80. The number of urea groups is 1. The second-order valence-corrected chi connectivity index (χ2v) is 6.77. The summed E-state index contributed by atoms with van der Waals surface area (Å²) in [4.78, 5) is 38.6. The van der Waals surface area contributed by atoms with Gasteiger partial charge >= 0.3 is 12.0 Å². The topological polar surface area (TPSA) is 123 Å². The number of carbonyl (C=O) groups is 3. The molecule has 3 amide bonds. The Hall–Kier alpha value is -3.52. The van der Waals surface area contributed by atoms with Crippen LogP contribution in [0.3, 0.4) is 0 Å². The van der Waals surface area contributed by atoms with Crippen LogP contribution in [-0.4, -0.2) is 40.6 Å². The van der Waals surface area contributed by atoms with Gasteiger partial charge in [-0.2, -0.15) is 0 Å². The molecular weight excluding hydrogens is 396 g/mol. The lowest BCUT2D eigenvalue weighted by molar-refractivity contribution is -0.141. The van der Waals surface area contributed by atoms with Gasteiger partial charge in [-0.15, -0.1) is 0 Å². The van der Waals surface area contributed by atoms with E-state index in [1.54, 1.807) is 30.5 Å². The minimum atomic E-state index is -1.16. The van der Waals surface area contributed by atoms with Gasteiger partial charge in [-0.1, -0.05) is 29.8 Å². The third-order valence-electron chi connectivity index (χ3n) is 4.24. The van der Waals surface area contributed by atoms with E-state index in [2.05, 4.69) is 20.9 Å². The molecule has 1 aromatic heterocycles. The number of para-hydroxylation sites is 1. The molecule has 8 nitrogen and oxygen atoms in total. The first kappa shape index (κ1) is 20.2. The number of nitrogens with one attached hydrogen (secondary N) is 4. The number of aromatic nitrogens is 1. The summed E-state index contributed by atoms with van der Waals surface area (Å²) >= 11 is 5.78. The Labute approximate surface area is 171 Å². The van der Waals surface area contributed by atoms with Gasteiger partial charge in [0.15, 0.2) is 0 Å². The Bertz CT molecular complexity index is 1030. The van der Waals surface area contributed by atoms with Gasteiger partial charge in [0.25, 0.3) is 0 Å². The van der Waals surface area contributed by atoms with Crippen LogP contribution in [0.5, 0.6) is 0 Å². The van der Waals surface area contributed by atoms with Crippen molar-refractivity contribution in [2.45, 2.75) is 12.5 Å². The average Bonchev–Trinajstić information content (AvgIpc) is 3.10. The lowest BCUT2D eigenvalue weighted by Crippen LogP contribution is -2.47. The predicted molar refractivity (Wildman–Crippen MR) is 110 cm³/mol. The zero-order valence-corrected chi connectivity index (χ0v) is 16.0. The largest absolute Gasteiger partial charge is 0.480 e. The molecule has 0 spiro atoms. The number of aliphatic carboxylic acids is 1. The molecule has 0 radical (unpaired) electrons. The predicted octanol–water partition coefficient (Wildman–Crippen LogP) is 2.75. The quantitative estimate of drug-likeness (QED) is 0.408. The number of hydrogen-bond donors (Lipinski definition) is 5. The van der Waals surface area contributed by atoms with E-state index >= 15 is 0 Å². The summed E-state index contributed by atoms with van der Waals surface area (Å²) in [7, 11) is 0. The minimum absolute atomic E-state index is 0.113. The minimum Gasteiger partial charge on any atom is -0.480 e. The van der Waals surface area contributed by atoms with Gasteiger partial charge in [-0.3, -0.25) is 4.79 Å². The van der Waals surface area contributed by atoms with Crippen LogP contribution in [0.1, 0.15) is 5.56 Å². The SMILES string of the molecule is O=C(CNC(=O)Nc1ccc(Cl)cc1)N[C@H](Cc1c[nH]c2ccccc12)C(=O)O. The number of carbonyl (C=O) groups excluding carboxylic acids is 2. The maximum atomic E-state index is 12.1. The molecule has 9 heteroatoms. The van der Waals surface area contributed by atoms with Crippen molar-refractivity contribution in [3.8, 4) is 0 Å². The summed E-state index contributed by atoms with van der Waals surface area (Å²) in [5.41, 5.74) is 2.18. The Morgan fingerprint density at radius 2 is 1.79 bits per heavy atom. The van der Waals surface area contributed by atoms with Gasteiger partial charge in [0.2, 0.25) is 5.91 Å². The summed E-state index contributed by atoms with van der Waals surface area (Å²) in [5.74, 6) is -1.77. The smallest absolute Gasteiger partial charge is 0.326 e. The number of carboxylic acid groups (broad SMARTS) is 1. The maximum Gasteiger partial charge on any atom is 0.326 e. The number of rotatable bonds is 7. The van der Waals surface area contributed by atoms with E-state index in [1.807, 2.05) is 24.3 Å². The molecule has 3 aromatic rings. The van der Waals surface area contributed by atoms with Gasteiger partial charge in [-0.05, 0) is 35.9 Å². The number of H-pyrrole nitrogens is 1. The summed E-state index contributed by atoms with van der Waals surface area (Å²) in [6, 6.07) is 12.2. The molecule has 0 aliphatic rings. The van der Waals surface area contributed by atoms with Crippen molar-refractivity contribution in [3.05, 3.63) is 65.3 Å². The second kappa shape index (κ2) is 9.11. The summed E-state index contributed by atoms with van der Waals surface area (Å²) in [6.07, 6.45) is 1.84. The fourth-order valence-corrected chi connectivity index (χ4v) is 2.96. The van der Waals surface area contributed by atoms with Crippen LogP contribution in [0.2, 0.25) is 5.02 Å². The van der Waals surface area contributed by atoms with Crippen molar-refractivity contribution < 1.29 is 19.5 Å². The third-order valence-corrected chi connectivity index (χ3v) is 4.50. The highest BCUT2D eigenvalue weighted by molar-refractivity contribution is 6.30. The number of halogens is 1. The van der Waals surface area contributed by atoms with Crippen LogP contribution >= 0.6 is 11.6 Å². The van der Waals surface area contributed by atoms with E-state index in [9.17, 15) is 19.5 Å². The van der Waals surface area contributed by atoms with Crippen LogP contribution < -0.4 is 16.0 Å². The molecule has 3 rings (SSSR count). The normalized spacial score (nSPS) is 11.6. The molecule has 29 heavy (non-hydrogen) atoms. The average molecular weight is 415 g/mol. The molecule has 1 heterocycles. The monoisotopic (exact) mass is 414 g/mol. The molecule has 0 aliphatic heterocycles. The molecule has 0 saturated heterocycles. The van der Waals surface area contributed by atoms with Crippen molar-refractivity contribution in [1.82, 2.24) is 15.6 Å². The van der Waals surface area contributed by atoms with Crippen molar-refractivity contribution >= 4 is 46.1 Å². The summed E-state index contributed by atoms with van der Waals surface area (Å²) in [6.45, 7) is -0.364. The number of anilines is 1. The van der Waals surface area contributed by atoms with Crippen molar-refractivity contribution in [2.75, 3.05) is 11.9 Å². The van der Waals surface area contributed by atoms with E-state index in [-0.39, 0.29) is 13.0 Å². The number of carboxylic acids is 1. The van der Waals surface area contributed by atoms with E-state index in [0.29, 0.717) is 10.7 Å². The van der Waals surface area contributed by atoms with Gasteiger partial charge in [0.1, 0.15) is 6.04 Å². The molecule has 0 aliphatic carbocycles. The van der Waals surface area contributed by atoms with Gasteiger partial charge in [-0.25, -0.2) is 9.59 Å². The highest BCUT2D eigenvalue weighted by Crippen LogP contribution is 2.19. The number of amides is 3. The number of aromatic amines is 1. The molecule has 1 atom stereocenters. The molecule has 0 unspecified atom stereocenters. The van der Waals surface area contributed by atoms with Gasteiger partial charge in [0.05, 0.1) is 6.54 Å². The van der Waals surface area contributed by atoms with E-state index in [0.717, 1.165) is 16.5 Å². The Kier molecular flexibility index (Phi) is 6.36. The standard InChI is InChI=1S/C20H19ClN4O4/c21-13-5-7-14(8-6-13)24-20(29)23-11-18(26)25-17(19(27)28)9-12-10-22-16-4-2-1-3-15(12)16/h1-8,10,17,22H,9,11H2,(H,25,26)(H,27,28)(H2,23,24,29)/t17-/m1/s1. The molecule has 0 saturated carbocycles. The van der Waals surface area contributed by atoms with Crippen LogP contribution in [0.15, 0.2) is 54.7 Å². The molecular formula is C20H19ClN4O4. The van der Waals surface area contributed by atoms with E-state index in [1.165, 1.54) is 0 Å². The van der Waals surface area contributed by atoms with E-state index < -0.39 is 23.9 Å². The summed E-state index contributed by atoms with van der Waals surface area (Å²) in [5, 5.41) is 18.2. The second-order valence-electron chi connectivity index (χ2n) is 6.34. The van der Waals surface area contributed by atoms with Crippen molar-refractivity contribution in [2.24, 2.45) is 0 Å². The first-order chi connectivity index (χ1) is 13.9. The van der Waals surface area contributed by atoms with Crippen LogP contribution in [0.4, 0.5) is 10.5 Å². The van der Waals surface area contributed by atoms with Crippen LogP contribution in [0, 0.1) is 0 Å². The van der Waals surface area contributed by atoms with Crippen LogP contribution in [0.25, 0.3) is 10.9 Å². The van der Waals surface area contributed by atoms with Gasteiger partial charge in [0, 0.05) is 34.2 Å². The first-order valence-corrected chi connectivity index (χ1v) is 9.18. The fraction of sp³-hybridized carbons (Fsp3) is 0.150. The number of fused-ring (bicyclic) bond motifs is 1. The molecule has 2 aromatic carbocycles. The third kappa shape index (κ3) is 5.49. The van der Waals surface area contributed by atoms with Gasteiger partial charge < -0.3 is 26.0 Å². The lowest BCUT2D eigenvalue weighted by Gasteiger charge is -2.15. The Morgan fingerprint density at radius 1 is 1.07 bits per heavy atom. The molecule has 5 N–H and O–H groups in total. The number of benzene rings is 2.